The van der Waals surface area contributed by atoms with Gasteiger partial charge >= 0.3 is 0 Å². The minimum Gasteiger partial charge on any atom is -0.373 e. The van der Waals surface area contributed by atoms with E-state index in [-0.39, 0.29) is 17.6 Å². The van der Waals surface area contributed by atoms with Gasteiger partial charge in [-0.2, -0.15) is 0 Å². The molecule has 1 atom stereocenters. The summed E-state index contributed by atoms with van der Waals surface area (Å²) in [7, 11) is 4.01. The number of rotatable bonds is 6. The monoisotopic (exact) mass is 411 g/mol. The standard InChI is InChI=1S/C23H30FN5O/c1-25-21-13-20(26-22(27-21)15-28(2)18-6-4-3-5-7-18)16-12-23(30)29(14-16)19-10-8-17(24)9-11-19/h8-11,13,16,18H,3-7,12,14-15H2,1-2H3,(H,25,26,27)/t16-/m1/s1. The SMILES string of the molecule is CNc1cc([C@@H]2CC(=O)N(c3ccc(F)cc3)C2)nc(CN(C)C2CCCCC2)n1. The first kappa shape index (κ1) is 20.7. The number of benzene rings is 1. The molecular formula is C23H30FN5O. The highest BCUT2D eigenvalue weighted by molar-refractivity contribution is 5.96. The second-order valence-corrected chi connectivity index (χ2v) is 8.43. The van der Waals surface area contributed by atoms with Gasteiger partial charge in [0.15, 0.2) is 0 Å². The maximum atomic E-state index is 13.2. The van der Waals surface area contributed by atoms with Gasteiger partial charge in [0, 0.05) is 43.7 Å². The molecule has 2 fully saturated rings. The summed E-state index contributed by atoms with van der Waals surface area (Å²) in [5, 5.41) is 3.13. The molecule has 0 unspecified atom stereocenters. The van der Waals surface area contributed by atoms with Crippen LogP contribution in [0.15, 0.2) is 30.3 Å². The quantitative estimate of drug-likeness (QED) is 0.780. The van der Waals surface area contributed by atoms with Gasteiger partial charge in [0.1, 0.15) is 17.5 Å². The lowest BCUT2D eigenvalue weighted by molar-refractivity contribution is -0.117. The van der Waals surface area contributed by atoms with Gasteiger partial charge in [-0.15, -0.1) is 0 Å². The maximum Gasteiger partial charge on any atom is 0.227 e. The number of aromatic nitrogens is 2. The Balaban J connectivity index is 1.51. The summed E-state index contributed by atoms with van der Waals surface area (Å²) in [6, 6.07) is 8.61. The normalized spacial score (nSPS) is 20.2. The Morgan fingerprint density at radius 1 is 1.17 bits per heavy atom. The van der Waals surface area contributed by atoms with Crippen LogP contribution in [0.3, 0.4) is 0 Å². The summed E-state index contributed by atoms with van der Waals surface area (Å²) in [4.78, 5) is 26.2. The van der Waals surface area contributed by atoms with Crippen molar-refractivity contribution in [1.29, 1.82) is 0 Å². The molecule has 1 aromatic heterocycles. The van der Waals surface area contributed by atoms with E-state index in [9.17, 15) is 9.18 Å². The topological polar surface area (TPSA) is 61.4 Å². The number of anilines is 2. The van der Waals surface area contributed by atoms with Crippen molar-refractivity contribution >= 4 is 17.4 Å². The first-order valence-electron chi connectivity index (χ1n) is 10.9. The van der Waals surface area contributed by atoms with E-state index < -0.39 is 0 Å². The predicted octanol–water partition coefficient (Wildman–Crippen LogP) is 3.94. The number of hydrogen-bond acceptors (Lipinski definition) is 5. The van der Waals surface area contributed by atoms with Crippen LogP contribution in [0.25, 0.3) is 0 Å². The Kier molecular flexibility index (Phi) is 6.27. The molecule has 6 nitrogen and oxygen atoms in total. The second kappa shape index (κ2) is 9.08. The van der Waals surface area contributed by atoms with Gasteiger partial charge in [0.2, 0.25) is 5.91 Å². The highest BCUT2D eigenvalue weighted by Crippen LogP contribution is 2.32. The summed E-state index contributed by atoms with van der Waals surface area (Å²) in [5.74, 6) is 1.30. The molecule has 0 spiro atoms. The van der Waals surface area contributed by atoms with Crippen LogP contribution in [0.1, 0.15) is 56.0 Å². The zero-order valence-electron chi connectivity index (χ0n) is 17.8. The van der Waals surface area contributed by atoms with Crippen molar-refractivity contribution < 1.29 is 9.18 Å². The molecule has 1 aromatic carbocycles. The van der Waals surface area contributed by atoms with Crippen molar-refractivity contribution in [2.24, 2.45) is 0 Å². The number of halogens is 1. The van der Waals surface area contributed by atoms with Crippen molar-refractivity contribution in [3.8, 4) is 0 Å². The number of nitrogens with one attached hydrogen (secondary N) is 1. The lowest BCUT2D eigenvalue weighted by atomic mass is 9.94. The highest BCUT2D eigenvalue weighted by atomic mass is 19.1. The van der Waals surface area contributed by atoms with Crippen LogP contribution in [0, 0.1) is 5.82 Å². The zero-order chi connectivity index (χ0) is 21.1. The van der Waals surface area contributed by atoms with E-state index in [1.54, 1.807) is 17.0 Å². The second-order valence-electron chi connectivity index (χ2n) is 8.43. The van der Waals surface area contributed by atoms with Crippen molar-refractivity contribution in [3.05, 3.63) is 47.7 Å². The smallest absolute Gasteiger partial charge is 0.227 e. The van der Waals surface area contributed by atoms with Crippen molar-refractivity contribution in [1.82, 2.24) is 14.9 Å². The van der Waals surface area contributed by atoms with Gasteiger partial charge in [-0.05, 0) is 44.2 Å². The number of carbonyl (C=O) groups is 1. The summed E-state index contributed by atoms with van der Waals surface area (Å²) < 4.78 is 13.2. The zero-order valence-corrected chi connectivity index (χ0v) is 17.8. The van der Waals surface area contributed by atoms with E-state index in [0.717, 1.165) is 23.0 Å². The van der Waals surface area contributed by atoms with E-state index >= 15 is 0 Å². The van der Waals surface area contributed by atoms with Crippen LogP contribution < -0.4 is 10.2 Å². The summed E-state index contributed by atoms with van der Waals surface area (Å²) in [6.07, 6.45) is 6.79. The van der Waals surface area contributed by atoms with Crippen LogP contribution in [0.5, 0.6) is 0 Å². The molecule has 1 amide bonds. The highest BCUT2D eigenvalue weighted by Gasteiger charge is 2.33. The van der Waals surface area contributed by atoms with Crippen LogP contribution in [-0.4, -0.2) is 47.5 Å². The Labute approximate surface area is 177 Å². The minimum atomic E-state index is -0.303. The van der Waals surface area contributed by atoms with Gasteiger partial charge in [-0.3, -0.25) is 9.69 Å². The molecule has 4 rings (SSSR count). The fourth-order valence-electron chi connectivity index (χ4n) is 4.58. The summed E-state index contributed by atoms with van der Waals surface area (Å²) >= 11 is 0. The van der Waals surface area contributed by atoms with E-state index in [0.29, 0.717) is 25.6 Å². The lowest BCUT2D eigenvalue weighted by Gasteiger charge is -2.30. The first-order chi connectivity index (χ1) is 14.5. The average molecular weight is 412 g/mol. The van der Waals surface area contributed by atoms with Crippen molar-refractivity contribution in [2.75, 3.05) is 30.9 Å². The van der Waals surface area contributed by atoms with Crippen LogP contribution in [0.2, 0.25) is 0 Å². The van der Waals surface area contributed by atoms with E-state index in [1.165, 1.54) is 44.2 Å². The summed E-state index contributed by atoms with van der Waals surface area (Å²) in [5.41, 5.74) is 1.61. The molecule has 0 bridgehead atoms. The molecule has 2 aliphatic rings. The molecular weight excluding hydrogens is 381 g/mol. The molecule has 2 aromatic rings. The van der Waals surface area contributed by atoms with Crippen LogP contribution in [0.4, 0.5) is 15.9 Å². The van der Waals surface area contributed by atoms with Crippen molar-refractivity contribution in [2.45, 2.75) is 57.0 Å². The fraction of sp³-hybridized carbons (Fsp3) is 0.522. The number of hydrogen-bond donors (Lipinski definition) is 1. The Morgan fingerprint density at radius 3 is 2.60 bits per heavy atom. The molecule has 30 heavy (non-hydrogen) atoms. The van der Waals surface area contributed by atoms with Gasteiger partial charge in [-0.1, -0.05) is 19.3 Å². The Bertz CT molecular complexity index is 882. The molecule has 7 heteroatoms. The largest absolute Gasteiger partial charge is 0.373 e. The fourth-order valence-corrected chi connectivity index (χ4v) is 4.58. The van der Waals surface area contributed by atoms with Crippen LogP contribution >= 0.6 is 0 Å². The van der Waals surface area contributed by atoms with Crippen molar-refractivity contribution in [3.63, 3.8) is 0 Å². The van der Waals surface area contributed by atoms with Gasteiger partial charge in [-0.25, -0.2) is 14.4 Å². The molecule has 1 saturated carbocycles. The number of nitrogens with zero attached hydrogens (tertiary/aromatic N) is 4. The molecule has 1 N–H and O–H groups in total. The van der Waals surface area contributed by atoms with Gasteiger partial charge in [0.25, 0.3) is 0 Å². The molecule has 160 valence electrons. The number of amides is 1. The third kappa shape index (κ3) is 4.61. The molecule has 0 radical (unpaired) electrons. The van der Waals surface area contributed by atoms with Gasteiger partial charge in [0.05, 0.1) is 12.2 Å². The average Bonchev–Trinajstić information content (AvgIpc) is 3.16. The molecule has 1 aliphatic carbocycles. The minimum absolute atomic E-state index is 0.00334. The maximum absolute atomic E-state index is 13.2. The van der Waals surface area contributed by atoms with E-state index in [1.807, 2.05) is 13.1 Å². The first-order valence-corrected chi connectivity index (χ1v) is 10.9. The van der Waals surface area contributed by atoms with Crippen LogP contribution in [-0.2, 0) is 11.3 Å². The summed E-state index contributed by atoms with van der Waals surface area (Å²) in [6.45, 7) is 1.25. The molecule has 2 heterocycles. The Morgan fingerprint density at radius 2 is 1.90 bits per heavy atom. The van der Waals surface area contributed by atoms with E-state index in [2.05, 4.69) is 22.2 Å². The predicted molar refractivity (Wildman–Crippen MR) is 116 cm³/mol. The van der Waals surface area contributed by atoms with E-state index in [4.69, 9.17) is 4.98 Å². The third-order valence-corrected chi connectivity index (χ3v) is 6.32. The Hall–Kier alpha value is -2.54. The third-order valence-electron chi connectivity index (χ3n) is 6.32. The molecule has 1 saturated heterocycles. The lowest BCUT2D eigenvalue weighted by Crippen LogP contribution is -2.33. The number of carbonyl (C=O) groups excluding carboxylic acids is 1. The molecule has 1 aliphatic heterocycles. The van der Waals surface area contributed by atoms with Gasteiger partial charge < -0.3 is 10.2 Å².